The summed E-state index contributed by atoms with van der Waals surface area (Å²) in [5.74, 6) is 0.802. The van der Waals surface area contributed by atoms with Gasteiger partial charge in [0.2, 0.25) is 0 Å². The Morgan fingerprint density at radius 1 is 1.32 bits per heavy atom. The van der Waals surface area contributed by atoms with Gasteiger partial charge in [-0.2, -0.15) is 0 Å². The summed E-state index contributed by atoms with van der Waals surface area (Å²) >= 11 is 0. The molecule has 0 spiro atoms. The number of hydrogen-bond donors (Lipinski definition) is 2. The van der Waals surface area contributed by atoms with Gasteiger partial charge in [-0.3, -0.25) is 9.78 Å². The highest BCUT2D eigenvalue weighted by Crippen LogP contribution is 2.25. The lowest BCUT2D eigenvalue weighted by Gasteiger charge is -2.15. The molecule has 5 nitrogen and oxygen atoms in total. The summed E-state index contributed by atoms with van der Waals surface area (Å²) < 4.78 is 5.83. The van der Waals surface area contributed by atoms with Crippen molar-refractivity contribution in [1.82, 2.24) is 4.98 Å². The largest absolute Gasteiger partial charge is 0.491 e. The minimum atomic E-state index is -0.498. The van der Waals surface area contributed by atoms with Crippen LogP contribution in [-0.2, 0) is 0 Å². The number of nitrogens with one attached hydrogen (secondary N) is 1. The number of pyridine rings is 1. The van der Waals surface area contributed by atoms with Crippen molar-refractivity contribution in [3.05, 3.63) is 53.9 Å². The number of carbonyl (C=O) groups excluding carboxylic acids is 1. The molecule has 1 aromatic heterocycles. The van der Waals surface area contributed by atoms with Crippen LogP contribution in [0.5, 0.6) is 5.75 Å². The van der Waals surface area contributed by atoms with E-state index in [1.807, 2.05) is 18.2 Å². The second-order valence-corrected chi connectivity index (χ2v) is 5.25. The maximum Gasteiger partial charge on any atom is 0.252 e. The lowest BCUT2D eigenvalue weighted by atomic mass is 10.0. The third-order valence-electron chi connectivity index (χ3n) is 3.30. The highest BCUT2D eigenvalue weighted by Gasteiger charge is 2.08. The number of rotatable bonds is 7. The average molecular weight is 299 g/mol. The number of nitrogens with zero attached hydrogens (tertiary/aromatic N) is 1. The molecule has 2 aromatic rings. The maximum atomic E-state index is 11.3. The van der Waals surface area contributed by atoms with Gasteiger partial charge in [-0.25, -0.2) is 0 Å². The zero-order valence-corrected chi connectivity index (χ0v) is 12.9. The Hall–Kier alpha value is -2.56. The lowest BCUT2D eigenvalue weighted by molar-refractivity contribution is 0.100. The number of nitrogens with two attached hydrogens (primary N) is 1. The van der Waals surface area contributed by atoms with Crippen LogP contribution in [0.1, 0.15) is 35.7 Å². The van der Waals surface area contributed by atoms with Gasteiger partial charge in [0.15, 0.2) is 0 Å². The summed E-state index contributed by atoms with van der Waals surface area (Å²) in [6.07, 6.45) is 3.07. The Balaban J connectivity index is 1.92. The van der Waals surface area contributed by atoms with Crippen molar-refractivity contribution in [1.29, 1.82) is 0 Å². The predicted octanol–water partition coefficient (Wildman–Crippen LogP) is 2.79. The van der Waals surface area contributed by atoms with Gasteiger partial charge >= 0.3 is 0 Å². The highest BCUT2D eigenvalue weighted by molar-refractivity contribution is 5.98. The number of amides is 1. The van der Waals surface area contributed by atoms with Crippen molar-refractivity contribution < 1.29 is 9.53 Å². The van der Waals surface area contributed by atoms with E-state index in [0.717, 1.165) is 5.75 Å². The molecule has 116 valence electrons. The molecular formula is C17H21N3O2. The predicted molar refractivity (Wildman–Crippen MR) is 87.3 cm³/mol. The smallest absolute Gasteiger partial charge is 0.252 e. The molecule has 0 unspecified atom stereocenters. The van der Waals surface area contributed by atoms with Crippen LogP contribution in [0.15, 0.2) is 42.7 Å². The maximum absolute atomic E-state index is 11.3. The van der Waals surface area contributed by atoms with Gasteiger partial charge in [0.1, 0.15) is 12.4 Å². The van der Waals surface area contributed by atoms with Crippen molar-refractivity contribution in [2.75, 3.05) is 18.5 Å². The molecule has 3 N–H and O–H groups in total. The van der Waals surface area contributed by atoms with Crippen LogP contribution >= 0.6 is 0 Å². The van der Waals surface area contributed by atoms with Crippen molar-refractivity contribution in [2.24, 2.45) is 5.73 Å². The Kier molecular flexibility index (Phi) is 5.36. The van der Waals surface area contributed by atoms with E-state index in [2.05, 4.69) is 30.2 Å². The first kappa shape index (κ1) is 15.8. The van der Waals surface area contributed by atoms with Gasteiger partial charge < -0.3 is 15.8 Å². The van der Waals surface area contributed by atoms with Crippen molar-refractivity contribution in [3.8, 4) is 5.75 Å². The number of para-hydroxylation sites is 1. The topological polar surface area (TPSA) is 77.2 Å². The molecule has 0 saturated heterocycles. The number of benzene rings is 1. The van der Waals surface area contributed by atoms with E-state index in [-0.39, 0.29) is 0 Å². The van der Waals surface area contributed by atoms with Crippen LogP contribution in [0.2, 0.25) is 0 Å². The standard InChI is InChI=1S/C17H21N3O2/c1-12(2)13-5-3-4-6-16(13)22-10-9-20-15-7-8-19-11-14(15)17(18)21/h3-8,11-12H,9-10H2,1-2H3,(H2,18,21)(H,19,20). The van der Waals surface area contributed by atoms with E-state index in [1.165, 1.54) is 11.8 Å². The summed E-state index contributed by atoms with van der Waals surface area (Å²) in [5, 5.41) is 3.15. The molecule has 0 bridgehead atoms. The zero-order chi connectivity index (χ0) is 15.9. The SMILES string of the molecule is CC(C)c1ccccc1OCCNc1ccncc1C(N)=O. The fourth-order valence-corrected chi connectivity index (χ4v) is 2.18. The second kappa shape index (κ2) is 7.45. The van der Waals surface area contributed by atoms with E-state index in [4.69, 9.17) is 10.5 Å². The number of anilines is 1. The van der Waals surface area contributed by atoms with Crippen molar-refractivity contribution in [2.45, 2.75) is 19.8 Å². The Bertz CT molecular complexity index is 641. The molecular weight excluding hydrogens is 278 g/mol. The summed E-state index contributed by atoms with van der Waals surface area (Å²) in [7, 11) is 0. The number of ether oxygens (including phenoxy) is 1. The quantitative estimate of drug-likeness (QED) is 0.771. The first-order valence-corrected chi connectivity index (χ1v) is 7.29. The van der Waals surface area contributed by atoms with Gasteiger partial charge in [-0.1, -0.05) is 32.0 Å². The number of hydrogen-bond acceptors (Lipinski definition) is 4. The molecule has 0 radical (unpaired) electrons. The van der Waals surface area contributed by atoms with Crippen molar-refractivity contribution in [3.63, 3.8) is 0 Å². The summed E-state index contributed by atoms with van der Waals surface area (Å²) in [6.45, 7) is 5.33. The molecule has 0 aliphatic carbocycles. The molecule has 0 saturated carbocycles. The lowest BCUT2D eigenvalue weighted by Crippen LogP contribution is -2.17. The van der Waals surface area contributed by atoms with E-state index < -0.39 is 5.91 Å². The van der Waals surface area contributed by atoms with E-state index in [1.54, 1.807) is 12.3 Å². The van der Waals surface area contributed by atoms with Gasteiger partial charge in [-0.05, 0) is 23.6 Å². The van der Waals surface area contributed by atoms with Gasteiger partial charge in [0, 0.05) is 18.9 Å². The van der Waals surface area contributed by atoms with Crippen LogP contribution in [-0.4, -0.2) is 24.0 Å². The van der Waals surface area contributed by atoms with Crippen LogP contribution in [0.25, 0.3) is 0 Å². The molecule has 22 heavy (non-hydrogen) atoms. The van der Waals surface area contributed by atoms with Crippen molar-refractivity contribution >= 4 is 11.6 Å². The number of carbonyl (C=O) groups is 1. The molecule has 0 aliphatic heterocycles. The third-order valence-corrected chi connectivity index (χ3v) is 3.30. The molecule has 2 rings (SSSR count). The average Bonchev–Trinajstić information content (AvgIpc) is 2.52. The fourth-order valence-electron chi connectivity index (χ4n) is 2.18. The second-order valence-electron chi connectivity index (χ2n) is 5.25. The molecule has 0 aliphatic rings. The highest BCUT2D eigenvalue weighted by atomic mass is 16.5. The van der Waals surface area contributed by atoms with Crippen LogP contribution in [0.3, 0.4) is 0 Å². The van der Waals surface area contributed by atoms with Gasteiger partial charge in [0.25, 0.3) is 5.91 Å². The molecule has 1 heterocycles. The number of primary amides is 1. The third kappa shape index (κ3) is 3.97. The minimum Gasteiger partial charge on any atom is -0.491 e. The van der Waals surface area contributed by atoms with Crippen LogP contribution in [0.4, 0.5) is 5.69 Å². The zero-order valence-electron chi connectivity index (χ0n) is 12.9. The van der Waals surface area contributed by atoms with Gasteiger partial charge in [0.05, 0.1) is 11.3 Å². The molecule has 1 aromatic carbocycles. The first-order chi connectivity index (χ1) is 10.6. The van der Waals surface area contributed by atoms with E-state index in [9.17, 15) is 4.79 Å². The Morgan fingerprint density at radius 2 is 2.09 bits per heavy atom. The van der Waals surface area contributed by atoms with Gasteiger partial charge in [-0.15, -0.1) is 0 Å². The Morgan fingerprint density at radius 3 is 2.82 bits per heavy atom. The van der Waals surface area contributed by atoms with E-state index in [0.29, 0.717) is 30.3 Å². The normalized spacial score (nSPS) is 10.5. The molecule has 1 amide bonds. The van der Waals surface area contributed by atoms with E-state index >= 15 is 0 Å². The first-order valence-electron chi connectivity index (χ1n) is 7.29. The summed E-state index contributed by atoms with van der Waals surface area (Å²) in [4.78, 5) is 15.2. The Labute approximate surface area is 130 Å². The van der Waals surface area contributed by atoms with Crippen LogP contribution < -0.4 is 15.8 Å². The summed E-state index contributed by atoms with van der Waals surface area (Å²) in [5.41, 5.74) is 7.55. The fraction of sp³-hybridized carbons (Fsp3) is 0.294. The van der Waals surface area contributed by atoms with Crippen LogP contribution in [0, 0.1) is 0 Å². The molecule has 0 fully saturated rings. The minimum absolute atomic E-state index is 0.380. The molecule has 5 heteroatoms. The monoisotopic (exact) mass is 299 g/mol. The molecule has 0 atom stereocenters. The number of aromatic nitrogens is 1. The summed E-state index contributed by atoms with van der Waals surface area (Å²) in [6, 6.07) is 9.74.